The van der Waals surface area contributed by atoms with Gasteiger partial charge in [-0.15, -0.1) is 10.2 Å². The van der Waals surface area contributed by atoms with E-state index in [2.05, 4.69) is 25.5 Å². The summed E-state index contributed by atoms with van der Waals surface area (Å²) < 4.78 is 22.0. The number of para-hydroxylation sites is 1. The molecule has 0 aliphatic heterocycles. The Kier molecular flexibility index (Phi) is 5.99. The average molecular weight is 458 g/mol. The standard InChI is InChI=1S/C25H23FN6O2/c1-2-34-18-10-11-20(28-15-18)24-31-30-23(32(24)22-9-4-3-7-19(22)26)16-13-17(14-16)29-25(33)21-8-5-6-12-27-21/h3-12,15-17H,2,13-14H2,1H3,(H,29,33). The maximum absolute atomic E-state index is 14.8. The summed E-state index contributed by atoms with van der Waals surface area (Å²) in [5.74, 6) is 1.16. The van der Waals surface area contributed by atoms with Gasteiger partial charge in [0.05, 0.1) is 18.5 Å². The summed E-state index contributed by atoms with van der Waals surface area (Å²) >= 11 is 0. The lowest BCUT2D eigenvalue weighted by Gasteiger charge is -2.35. The Labute approximate surface area is 195 Å². The smallest absolute Gasteiger partial charge is 0.270 e. The van der Waals surface area contributed by atoms with E-state index in [1.165, 1.54) is 6.07 Å². The molecule has 0 saturated heterocycles. The molecule has 3 aromatic heterocycles. The third-order valence-electron chi connectivity index (χ3n) is 5.79. The second kappa shape index (κ2) is 9.38. The zero-order valence-electron chi connectivity index (χ0n) is 18.6. The van der Waals surface area contributed by atoms with Crippen LogP contribution in [0, 0.1) is 5.82 Å². The zero-order valence-corrected chi connectivity index (χ0v) is 18.6. The maximum Gasteiger partial charge on any atom is 0.270 e. The number of pyridine rings is 2. The van der Waals surface area contributed by atoms with Crippen molar-refractivity contribution in [1.29, 1.82) is 0 Å². The van der Waals surface area contributed by atoms with Crippen LogP contribution >= 0.6 is 0 Å². The Balaban J connectivity index is 1.41. The van der Waals surface area contributed by atoms with Crippen molar-refractivity contribution in [2.24, 2.45) is 0 Å². The number of carbonyl (C=O) groups excluding carboxylic acids is 1. The SMILES string of the molecule is CCOc1ccc(-c2nnc(C3CC(NC(=O)c4ccccn4)C3)n2-c2ccccc2F)nc1. The van der Waals surface area contributed by atoms with E-state index in [9.17, 15) is 9.18 Å². The first-order valence-corrected chi connectivity index (χ1v) is 11.2. The lowest BCUT2D eigenvalue weighted by Crippen LogP contribution is -2.44. The van der Waals surface area contributed by atoms with Crippen LogP contribution in [-0.4, -0.2) is 43.3 Å². The van der Waals surface area contributed by atoms with Crippen LogP contribution in [-0.2, 0) is 0 Å². The normalized spacial score (nSPS) is 17.1. The number of halogens is 1. The lowest BCUT2D eigenvalue weighted by atomic mass is 9.79. The van der Waals surface area contributed by atoms with E-state index >= 15 is 0 Å². The third kappa shape index (κ3) is 4.24. The van der Waals surface area contributed by atoms with E-state index in [0.717, 1.165) is 0 Å². The Morgan fingerprint density at radius 3 is 2.62 bits per heavy atom. The summed E-state index contributed by atoms with van der Waals surface area (Å²) in [5, 5.41) is 11.8. The van der Waals surface area contributed by atoms with E-state index in [1.807, 2.05) is 6.92 Å². The fraction of sp³-hybridized carbons (Fsp3) is 0.240. The van der Waals surface area contributed by atoms with Gasteiger partial charge in [-0.25, -0.2) is 9.37 Å². The number of hydrogen-bond donors (Lipinski definition) is 1. The van der Waals surface area contributed by atoms with Crippen molar-refractivity contribution in [3.8, 4) is 23.0 Å². The van der Waals surface area contributed by atoms with Gasteiger partial charge in [0.2, 0.25) is 0 Å². The van der Waals surface area contributed by atoms with Gasteiger partial charge >= 0.3 is 0 Å². The highest BCUT2D eigenvalue weighted by Gasteiger charge is 2.36. The number of ether oxygens (including phenoxy) is 1. The quantitative estimate of drug-likeness (QED) is 0.451. The van der Waals surface area contributed by atoms with Crippen LogP contribution in [0.4, 0.5) is 4.39 Å². The molecule has 1 saturated carbocycles. The van der Waals surface area contributed by atoms with E-state index in [-0.39, 0.29) is 23.7 Å². The van der Waals surface area contributed by atoms with Crippen molar-refractivity contribution in [3.63, 3.8) is 0 Å². The minimum atomic E-state index is -0.380. The van der Waals surface area contributed by atoms with E-state index in [1.54, 1.807) is 65.5 Å². The van der Waals surface area contributed by atoms with Crippen molar-refractivity contribution >= 4 is 5.91 Å². The molecule has 34 heavy (non-hydrogen) atoms. The molecule has 1 aliphatic rings. The number of hydrogen-bond acceptors (Lipinski definition) is 6. The molecule has 1 aliphatic carbocycles. The number of nitrogens with zero attached hydrogens (tertiary/aromatic N) is 5. The molecule has 1 N–H and O–H groups in total. The molecule has 172 valence electrons. The van der Waals surface area contributed by atoms with Gasteiger partial charge < -0.3 is 10.1 Å². The number of carbonyl (C=O) groups is 1. The van der Waals surface area contributed by atoms with Crippen molar-refractivity contribution in [3.05, 3.63) is 84.3 Å². The Morgan fingerprint density at radius 1 is 1.09 bits per heavy atom. The fourth-order valence-corrected chi connectivity index (χ4v) is 4.06. The highest BCUT2D eigenvalue weighted by Crippen LogP contribution is 2.39. The van der Waals surface area contributed by atoms with Gasteiger partial charge in [0.25, 0.3) is 5.91 Å². The predicted octanol–water partition coefficient (Wildman–Crippen LogP) is 3.94. The number of nitrogens with one attached hydrogen (secondary N) is 1. The van der Waals surface area contributed by atoms with E-state index in [0.29, 0.717) is 53.9 Å². The van der Waals surface area contributed by atoms with Crippen LogP contribution in [0.25, 0.3) is 17.2 Å². The molecule has 4 aromatic rings. The molecule has 0 bridgehead atoms. The summed E-state index contributed by atoms with van der Waals surface area (Å²) in [6, 6.07) is 15.3. The minimum Gasteiger partial charge on any atom is -0.492 e. The summed E-state index contributed by atoms with van der Waals surface area (Å²) in [6.07, 6.45) is 4.54. The zero-order chi connectivity index (χ0) is 23.5. The summed E-state index contributed by atoms with van der Waals surface area (Å²) in [6.45, 7) is 2.44. The minimum absolute atomic E-state index is 0.0117. The Morgan fingerprint density at radius 2 is 1.91 bits per heavy atom. The first-order chi connectivity index (χ1) is 16.6. The fourth-order valence-electron chi connectivity index (χ4n) is 4.06. The monoisotopic (exact) mass is 458 g/mol. The molecule has 8 nitrogen and oxygen atoms in total. The highest BCUT2D eigenvalue weighted by atomic mass is 19.1. The Hall–Kier alpha value is -4.14. The molecule has 9 heteroatoms. The van der Waals surface area contributed by atoms with Crippen LogP contribution < -0.4 is 10.1 Å². The highest BCUT2D eigenvalue weighted by molar-refractivity contribution is 5.92. The van der Waals surface area contributed by atoms with Gasteiger partial charge in [-0.2, -0.15) is 0 Å². The van der Waals surface area contributed by atoms with Gasteiger partial charge in [0, 0.05) is 18.2 Å². The van der Waals surface area contributed by atoms with E-state index < -0.39 is 0 Å². The molecule has 0 spiro atoms. The summed E-state index contributed by atoms with van der Waals surface area (Å²) in [4.78, 5) is 21.0. The van der Waals surface area contributed by atoms with Gasteiger partial charge in [-0.05, 0) is 56.2 Å². The number of aromatic nitrogens is 5. The van der Waals surface area contributed by atoms with Crippen LogP contribution in [0.3, 0.4) is 0 Å². The number of benzene rings is 1. The second-order valence-corrected chi connectivity index (χ2v) is 8.03. The predicted molar refractivity (Wildman–Crippen MR) is 123 cm³/mol. The van der Waals surface area contributed by atoms with Gasteiger partial charge in [0.1, 0.15) is 28.8 Å². The summed E-state index contributed by atoms with van der Waals surface area (Å²) in [5.41, 5.74) is 1.29. The first-order valence-electron chi connectivity index (χ1n) is 11.2. The topological polar surface area (TPSA) is 94.8 Å². The third-order valence-corrected chi connectivity index (χ3v) is 5.79. The molecule has 1 amide bonds. The molecule has 1 fully saturated rings. The average Bonchev–Trinajstić information content (AvgIpc) is 3.26. The molecule has 0 atom stereocenters. The van der Waals surface area contributed by atoms with Gasteiger partial charge in [-0.1, -0.05) is 18.2 Å². The van der Waals surface area contributed by atoms with Gasteiger partial charge in [-0.3, -0.25) is 14.3 Å². The number of amides is 1. The summed E-state index contributed by atoms with van der Waals surface area (Å²) in [7, 11) is 0. The lowest BCUT2D eigenvalue weighted by molar-refractivity contribution is 0.0902. The molecular weight excluding hydrogens is 435 g/mol. The van der Waals surface area contributed by atoms with Crippen LogP contribution in [0.5, 0.6) is 5.75 Å². The van der Waals surface area contributed by atoms with Crippen molar-refractivity contribution in [2.75, 3.05) is 6.61 Å². The molecule has 1 aromatic carbocycles. The first kappa shape index (κ1) is 21.7. The number of rotatable bonds is 7. The van der Waals surface area contributed by atoms with Crippen molar-refractivity contribution in [2.45, 2.75) is 31.7 Å². The molecule has 3 heterocycles. The molecular formula is C25H23FN6O2. The van der Waals surface area contributed by atoms with Crippen LogP contribution in [0.15, 0.2) is 67.0 Å². The largest absolute Gasteiger partial charge is 0.492 e. The van der Waals surface area contributed by atoms with E-state index in [4.69, 9.17) is 4.74 Å². The Bertz CT molecular complexity index is 1290. The van der Waals surface area contributed by atoms with Gasteiger partial charge in [0.15, 0.2) is 5.82 Å². The molecule has 0 radical (unpaired) electrons. The van der Waals surface area contributed by atoms with Crippen molar-refractivity contribution in [1.82, 2.24) is 30.0 Å². The maximum atomic E-state index is 14.8. The van der Waals surface area contributed by atoms with Crippen LogP contribution in [0.1, 0.15) is 42.0 Å². The van der Waals surface area contributed by atoms with Crippen LogP contribution in [0.2, 0.25) is 0 Å². The second-order valence-electron chi connectivity index (χ2n) is 8.03. The van der Waals surface area contributed by atoms with Crippen molar-refractivity contribution < 1.29 is 13.9 Å². The molecule has 0 unspecified atom stereocenters. The molecule has 5 rings (SSSR count).